The van der Waals surface area contributed by atoms with E-state index in [1.165, 1.54) is 6.33 Å². The highest BCUT2D eigenvalue weighted by Gasteiger charge is 2.29. The lowest BCUT2D eigenvalue weighted by atomic mass is 9.98. The topological polar surface area (TPSA) is 101 Å². The molecule has 2 saturated heterocycles. The molecule has 0 bridgehead atoms. The highest BCUT2D eigenvalue weighted by molar-refractivity contribution is 8.18. The fourth-order valence-electron chi connectivity index (χ4n) is 3.60. The Labute approximate surface area is 171 Å². The lowest BCUT2D eigenvalue weighted by Crippen LogP contribution is -2.40. The van der Waals surface area contributed by atoms with Crippen LogP contribution in [-0.2, 0) is 14.3 Å². The van der Waals surface area contributed by atoms with Gasteiger partial charge in [0.25, 0.3) is 11.1 Å². The standard InChI is InChI=1S/C20H20N4O4S/c1-2-28-19(26)13-4-3-7-24(10-13)17-14-8-12(5-6-15(14)21-11-22-17)9-16-18(25)23-20(27)29-16/h5-6,8-9,11,13H,2-4,7,10H2,1H3,(H,23,25,27)/b16-9+. The summed E-state index contributed by atoms with van der Waals surface area (Å²) in [5.41, 5.74) is 1.55. The molecule has 2 fully saturated rings. The number of imide groups is 1. The zero-order valence-corrected chi connectivity index (χ0v) is 16.7. The van der Waals surface area contributed by atoms with E-state index in [2.05, 4.69) is 20.2 Å². The SMILES string of the molecule is CCOC(=O)C1CCCN(c2ncnc3ccc(/C=C4/SC(=O)NC4=O)cc23)C1. The summed E-state index contributed by atoms with van der Waals surface area (Å²) in [6, 6.07) is 5.61. The number of aromatic nitrogens is 2. The van der Waals surface area contributed by atoms with Crippen molar-refractivity contribution in [2.45, 2.75) is 19.8 Å². The van der Waals surface area contributed by atoms with Gasteiger partial charge < -0.3 is 9.64 Å². The highest BCUT2D eigenvalue weighted by atomic mass is 32.2. The number of amides is 2. The van der Waals surface area contributed by atoms with Gasteiger partial charge in [0.2, 0.25) is 0 Å². The summed E-state index contributed by atoms with van der Waals surface area (Å²) in [4.78, 5) is 46.6. The van der Waals surface area contributed by atoms with E-state index in [0.29, 0.717) is 18.1 Å². The van der Waals surface area contributed by atoms with Crippen LogP contribution in [0, 0.1) is 5.92 Å². The summed E-state index contributed by atoms with van der Waals surface area (Å²) < 4.78 is 5.19. The molecule has 2 aliphatic rings. The molecule has 29 heavy (non-hydrogen) atoms. The molecule has 1 aromatic heterocycles. The number of carbonyl (C=O) groups is 3. The number of rotatable bonds is 4. The number of piperidine rings is 1. The third kappa shape index (κ3) is 4.09. The van der Waals surface area contributed by atoms with Gasteiger partial charge in [0, 0.05) is 18.5 Å². The smallest absolute Gasteiger partial charge is 0.310 e. The van der Waals surface area contributed by atoms with Crippen LogP contribution in [0.5, 0.6) is 0 Å². The van der Waals surface area contributed by atoms with Crippen LogP contribution in [0.15, 0.2) is 29.4 Å². The number of hydrogen-bond acceptors (Lipinski definition) is 8. The third-order valence-corrected chi connectivity index (χ3v) is 5.73. The Morgan fingerprint density at radius 1 is 1.38 bits per heavy atom. The van der Waals surface area contributed by atoms with Gasteiger partial charge in [-0.15, -0.1) is 0 Å². The lowest BCUT2D eigenvalue weighted by Gasteiger charge is -2.32. The third-order valence-electron chi connectivity index (χ3n) is 4.92. The molecular weight excluding hydrogens is 392 g/mol. The number of carbonyl (C=O) groups excluding carboxylic acids is 3. The van der Waals surface area contributed by atoms with E-state index in [1.807, 2.05) is 25.1 Å². The molecule has 1 atom stereocenters. The fraction of sp³-hybridized carbons (Fsp3) is 0.350. The number of thioether (sulfide) groups is 1. The quantitative estimate of drug-likeness (QED) is 0.604. The first-order valence-electron chi connectivity index (χ1n) is 9.46. The Morgan fingerprint density at radius 2 is 2.24 bits per heavy atom. The summed E-state index contributed by atoms with van der Waals surface area (Å²) >= 11 is 0.883. The first kappa shape index (κ1) is 19.4. The van der Waals surface area contributed by atoms with Crippen molar-refractivity contribution >= 4 is 51.7 Å². The van der Waals surface area contributed by atoms with Gasteiger partial charge in [0.05, 0.1) is 22.9 Å². The molecule has 1 unspecified atom stereocenters. The van der Waals surface area contributed by atoms with Crippen LogP contribution in [0.4, 0.5) is 10.6 Å². The van der Waals surface area contributed by atoms with Gasteiger partial charge in [0.15, 0.2) is 0 Å². The van der Waals surface area contributed by atoms with E-state index in [9.17, 15) is 14.4 Å². The van der Waals surface area contributed by atoms with Crippen molar-refractivity contribution < 1.29 is 19.1 Å². The minimum Gasteiger partial charge on any atom is -0.466 e. The van der Waals surface area contributed by atoms with Crippen molar-refractivity contribution in [2.24, 2.45) is 5.92 Å². The molecule has 0 aliphatic carbocycles. The number of benzene rings is 1. The Kier molecular flexibility index (Phi) is 5.48. The summed E-state index contributed by atoms with van der Waals surface area (Å²) in [6.45, 7) is 3.52. The van der Waals surface area contributed by atoms with Crippen LogP contribution in [0.3, 0.4) is 0 Å². The molecule has 0 saturated carbocycles. The van der Waals surface area contributed by atoms with Crippen molar-refractivity contribution in [3.05, 3.63) is 35.0 Å². The monoisotopic (exact) mass is 412 g/mol. The van der Waals surface area contributed by atoms with Gasteiger partial charge in [-0.05, 0) is 55.3 Å². The largest absolute Gasteiger partial charge is 0.466 e. The number of nitrogens with zero attached hydrogens (tertiary/aromatic N) is 3. The molecule has 2 amide bonds. The molecule has 4 rings (SSSR count). The van der Waals surface area contributed by atoms with Gasteiger partial charge in [-0.2, -0.15) is 0 Å². The van der Waals surface area contributed by atoms with Crippen LogP contribution in [0.1, 0.15) is 25.3 Å². The number of nitrogens with one attached hydrogen (secondary N) is 1. The predicted octanol–water partition coefficient (Wildman–Crippen LogP) is 2.73. The number of ether oxygens (including phenoxy) is 1. The number of anilines is 1. The summed E-state index contributed by atoms with van der Waals surface area (Å²) in [6.07, 6.45) is 4.87. The average Bonchev–Trinajstić information content (AvgIpc) is 3.04. The maximum Gasteiger partial charge on any atom is 0.310 e. The van der Waals surface area contributed by atoms with E-state index < -0.39 is 5.91 Å². The Balaban J connectivity index is 1.66. The fourth-order valence-corrected chi connectivity index (χ4v) is 4.28. The Bertz CT molecular complexity index is 1020. The zero-order valence-electron chi connectivity index (χ0n) is 15.9. The molecule has 1 aromatic carbocycles. The van der Waals surface area contributed by atoms with Gasteiger partial charge >= 0.3 is 5.97 Å². The van der Waals surface area contributed by atoms with Crippen molar-refractivity contribution in [2.75, 3.05) is 24.6 Å². The maximum absolute atomic E-state index is 12.2. The highest BCUT2D eigenvalue weighted by Crippen LogP contribution is 2.31. The molecule has 2 aromatic rings. The van der Waals surface area contributed by atoms with E-state index in [1.54, 1.807) is 6.08 Å². The van der Waals surface area contributed by atoms with Crippen molar-refractivity contribution in [1.82, 2.24) is 15.3 Å². The molecule has 1 N–H and O–H groups in total. The van der Waals surface area contributed by atoms with Gasteiger partial charge in [-0.3, -0.25) is 19.7 Å². The van der Waals surface area contributed by atoms with Gasteiger partial charge in [0.1, 0.15) is 12.1 Å². The Morgan fingerprint density at radius 3 is 3.00 bits per heavy atom. The molecule has 8 nitrogen and oxygen atoms in total. The Hall–Kier alpha value is -2.94. The molecule has 3 heterocycles. The molecular formula is C20H20N4O4S. The van der Waals surface area contributed by atoms with E-state index in [-0.39, 0.29) is 17.1 Å². The van der Waals surface area contributed by atoms with Crippen LogP contribution in [0.2, 0.25) is 0 Å². The van der Waals surface area contributed by atoms with Crippen LogP contribution < -0.4 is 10.2 Å². The summed E-state index contributed by atoms with van der Waals surface area (Å²) in [5, 5.41) is 2.72. The summed E-state index contributed by atoms with van der Waals surface area (Å²) in [5.74, 6) is 0.0142. The van der Waals surface area contributed by atoms with E-state index in [4.69, 9.17) is 4.74 Å². The molecule has 2 aliphatic heterocycles. The zero-order chi connectivity index (χ0) is 20.4. The minimum atomic E-state index is -0.391. The number of hydrogen-bond donors (Lipinski definition) is 1. The molecule has 150 valence electrons. The van der Waals surface area contributed by atoms with Gasteiger partial charge in [-0.25, -0.2) is 9.97 Å². The molecule has 0 spiro atoms. The van der Waals surface area contributed by atoms with Crippen LogP contribution in [0.25, 0.3) is 17.0 Å². The van der Waals surface area contributed by atoms with E-state index >= 15 is 0 Å². The minimum absolute atomic E-state index is 0.171. The van der Waals surface area contributed by atoms with Crippen LogP contribution >= 0.6 is 11.8 Å². The van der Waals surface area contributed by atoms with E-state index in [0.717, 1.165) is 53.4 Å². The predicted molar refractivity (Wildman–Crippen MR) is 110 cm³/mol. The first-order chi connectivity index (χ1) is 14.0. The normalized spacial score (nSPS) is 20.9. The second-order valence-corrected chi connectivity index (χ2v) is 7.88. The van der Waals surface area contributed by atoms with Crippen molar-refractivity contribution in [3.63, 3.8) is 0 Å². The van der Waals surface area contributed by atoms with Gasteiger partial charge in [-0.1, -0.05) is 6.07 Å². The number of fused-ring (bicyclic) bond motifs is 1. The average molecular weight is 412 g/mol. The second kappa shape index (κ2) is 8.20. The molecule has 0 radical (unpaired) electrons. The number of esters is 1. The lowest BCUT2D eigenvalue weighted by molar-refractivity contribution is -0.148. The van der Waals surface area contributed by atoms with Crippen molar-refractivity contribution in [3.8, 4) is 0 Å². The first-order valence-corrected chi connectivity index (χ1v) is 10.3. The maximum atomic E-state index is 12.2. The van der Waals surface area contributed by atoms with Crippen LogP contribution in [-0.4, -0.2) is 46.8 Å². The second-order valence-electron chi connectivity index (χ2n) is 6.86. The molecule has 9 heteroatoms. The summed E-state index contributed by atoms with van der Waals surface area (Å²) in [7, 11) is 0. The van der Waals surface area contributed by atoms with Crippen molar-refractivity contribution in [1.29, 1.82) is 0 Å².